The first-order valence-electron chi connectivity index (χ1n) is 5.28. The van der Waals surface area contributed by atoms with Gasteiger partial charge in [0, 0.05) is 11.6 Å². The summed E-state index contributed by atoms with van der Waals surface area (Å²) in [6.07, 6.45) is 1.62. The van der Waals surface area contributed by atoms with Crippen LogP contribution >= 0.6 is 0 Å². The Kier molecular flexibility index (Phi) is 3.45. The van der Waals surface area contributed by atoms with Crippen molar-refractivity contribution in [2.75, 3.05) is 7.11 Å². The standard InChI is InChI=1S/C13H14N2O2/c1-3-14-9-12-8-13(15-17-12)10-4-6-11(16-2)7-5-10/h3-8,14H,1,9H2,2H3. The number of methoxy groups -OCH3 is 1. The van der Waals surface area contributed by atoms with Crippen molar-refractivity contribution in [3.63, 3.8) is 0 Å². The van der Waals surface area contributed by atoms with Crippen molar-refractivity contribution in [3.8, 4) is 17.0 Å². The van der Waals surface area contributed by atoms with E-state index < -0.39 is 0 Å². The van der Waals surface area contributed by atoms with Crippen LogP contribution in [0.5, 0.6) is 5.75 Å². The summed E-state index contributed by atoms with van der Waals surface area (Å²) in [5.41, 5.74) is 1.81. The largest absolute Gasteiger partial charge is 0.497 e. The summed E-state index contributed by atoms with van der Waals surface area (Å²) in [5.74, 6) is 1.60. The molecule has 0 aliphatic rings. The number of nitrogens with one attached hydrogen (secondary N) is 1. The third-order valence-electron chi connectivity index (χ3n) is 2.37. The maximum Gasteiger partial charge on any atom is 0.156 e. The molecule has 17 heavy (non-hydrogen) atoms. The van der Waals surface area contributed by atoms with Crippen molar-refractivity contribution >= 4 is 0 Å². The fraction of sp³-hybridized carbons (Fsp3) is 0.154. The topological polar surface area (TPSA) is 47.3 Å². The Labute approximate surface area is 99.9 Å². The lowest BCUT2D eigenvalue weighted by molar-refractivity contribution is 0.381. The van der Waals surface area contributed by atoms with Gasteiger partial charge >= 0.3 is 0 Å². The number of hydrogen-bond donors (Lipinski definition) is 1. The molecule has 0 atom stereocenters. The summed E-state index contributed by atoms with van der Waals surface area (Å²) in [4.78, 5) is 0. The molecule has 1 aromatic carbocycles. The quantitative estimate of drug-likeness (QED) is 0.857. The third kappa shape index (κ3) is 2.66. The van der Waals surface area contributed by atoms with E-state index in [4.69, 9.17) is 9.26 Å². The number of nitrogens with zero attached hydrogens (tertiary/aromatic N) is 1. The molecule has 0 radical (unpaired) electrons. The van der Waals surface area contributed by atoms with Gasteiger partial charge in [-0.2, -0.15) is 0 Å². The summed E-state index contributed by atoms with van der Waals surface area (Å²) in [6.45, 7) is 4.16. The molecule has 1 heterocycles. The van der Waals surface area contributed by atoms with E-state index in [9.17, 15) is 0 Å². The molecule has 0 bridgehead atoms. The van der Waals surface area contributed by atoms with Gasteiger partial charge in [0.25, 0.3) is 0 Å². The molecule has 0 saturated heterocycles. The maximum absolute atomic E-state index is 5.19. The maximum atomic E-state index is 5.19. The second-order valence-corrected chi connectivity index (χ2v) is 3.49. The Balaban J connectivity index is 2.15. The highest BCUT2D eigenvalue weighted by molar-refractivity contribution is 5.59. The smallest absolute Gasteiger partial charge is 0.156 e. The monoisotopic (exact) mass is 230 g/mol. The van der Waals surface area contributed by atoms with Gasteiger partial charge in [0.2, 0.25) is 0 Å². The van der Waals surface area contributed by atoms with Gasteiger partial charge in [-0.05, 0) is 30.5 Å². The molecule has 2 rings (SSSR count). The second kappa shape index (κ2) is 5.21. The van der Waals surface area contributed by atoms with Crippen molar-refractivity contribution in [1.82, 2.24) is 10.5 Å². The van der Waals surface area contributed by atoms with Gasteiger partial charge in [-0.25, -0.2) is 0 Å². The number of rotatable bonds is 5. The first-order chi connectivity index (χ1) is 8.33. The third-order valence-corrected chi connectivity index (χ3v) is 2.37. The molecule has 0 saturated carbocycles. The summed E-state index contributed by atoms with van der Waals surface area (Å²) in [6, 6.07) is 9.58. The number of hydrogen-bond acceptors (Lipinski definition) is 4. The van der Waals surface area contributed by atoms with Crippen LogP contribution in [0.4, 0.5) is 0 Å². The average Bonchev–Trinajstić information content (AvgIpc) is 2.85. The van der Waals surface area contributed by atoms with Crippen molar-refractivity contribution < 1.29 is 9.26 Å². The minimum Gasteiger partial charge on any atom is -0.497 e. The zero-order valence-corrected chi connectivity index (χ0v) is 9.64. The van der Waals surface area contributed by atoms with Gasteiger partial charge in [-0.3, -0.25) is 0 Å². The van der Waals surface area contributed by atoms with Crippen LogP contribution in [0.3, 0.4) is 0 Å². The molecule has 1 aromatic heterocycles. The minimum absolute atomic E-state index is 0.590. The van der Waals surface area contributed by atoms with Crippen LogP contribution in [0.25, 0.3) is 11.3 Å². The first-order valence-corrected chi connectivity index (χ1v) is 5.28. The first kappa shape index (κ1) is 11.3. The van der Waals surface area contributed by atoms with E-state index in [1.165, 1.54) is 0 Å². The zero-order chi connectivity index (χ0) is 12.1. The second-order valence-electron chi connectivity index (χ2n) is 3.49. The summed E-state index contributed by atoms with van der Waals surface area (Å²) in [7, 11) is 1.64. The van der Waals surface area contributed by atoms with Gasteiger partial charge in [0.05, 0.1) is 13.7 Å². The van der Waals surface area contributed by atoms with Crippen LogP contribution in [-0.2, 0) is 6.54 Å². The van der Waals surface area contributed by atoms with Crippen molar-refractivity contribution in [1.29, 1.82) is 0 Å². The zero-order valence-electron chi connectivity index (χ0n) is 9.64. The summed E-state index contributed by atoms with van der Waals surface area (Å²) >= 11 is 0. The molecule has 4 heteroatoms. The Morgan fingerprint density at radius 3 is 2.82 bits per heavy atom. The van der Waals surface area contributed by atoms with E-state index in [-0.39, 0.29) is 0 Å². The number of ether oxygens (including phenoxy) is 1. The molecule has 2 aromatic rings. The van der Waals surface area contributed by atoms with Crippen LogP contribution in [0.15, 0.2) is 47.6 Å². The fourth-order valence-corrected chi connectivity index (χ4v) is 1.47. The van der Waals surface area contributed by atoms with Gasteiger partial charge in [-0.1, -0.05) is 11.7 Å². The highest BCUT2D eigenvalue weighted by Crippen LogP contribution is 2.21. The molecular weight excluding hydrogens is 216 g/mol. The lowest BCUT2D eigenvalue weighted by Crippen LogP contribution is -2.01. The van der Waals surface area contributed by atoms with Crippen LogP contribution in [0.2, 0.25) is 0 Å². The van der Waals surface area contributed by atoms with E-state index >= 15 is 0 Å². The van der Waals surface area contributed by atoms with Crippen molar-refractivity contribution in [3.05, 3.63) is 48.9 Å². The predicted octanol–water partition coefficient (Wildman–Crippen LogP) is 2.58. The lowest BCUT2D eigenvalue weighted by Gasteiger charge is -1.99. The van der Waals surface area contributed by atoms with Crippen LogP contribution in [-0.4, -0.2) is 12.3 Å². The summed E-state index contributed by atoms with van der Waals surface area (Å²) in [5, 5.41) is 6.96. The minimum atomic E-state index is 0.590. The molecule has 0 spiro atoms. The van der Waals surface area contributed by atoms with Gasteiger partial charge < -0.3 is 14.6 Å². The van der Waals surface area contributed by atoms with E-state index in [2.05, 4.69) is 17.1 Å². The molecule has 1 N–H and O–H groups in total. The molecule has 0 aliphatic heterocycles. The van der Waals surface area contributed by atoms with Gasteiger partial charge in [-0.15, -0.1) is 0 Å². The van der Waals surface area contributed by atoms with Crippen molar-refractivity contribution in [2.24, 2.45) is 0 Å². The molecule has 0 amide bonds. The fourth-order valence-electron chi connectivity index (χ4n) is 1.47. The Bertz CT molecular complexity index is 488. The Morgan fingerprint density at radius 2 is 2.18 bits per heavy atom. The summed E-state index contributed by atoms with van der Waals surface area (Å²) < 4.78 is 10.3. The average molecular weight is 230 g/mol. The molecule has 0 fully saturated rings. The Morgan fingerprint density at radius 1 is 1.41 bits per heavy atom. The molecular formula is C13H14N2O2. The molecule has 0 aliphatic carbocycles. The lowest BCUT2D eigenvalue weighted by atomic mass is 10.1. The van der Waals surface area contributed by atoms with Gasteiger partial charge in [0.1, 0.15) is 11.4 Å². The van der Waals surface area contributed by atoms with Crippen molar-refractivity contribution in [2.45, 2.75) is 6.54 Å². The van der Waals surface area contributed by atoms with Crippen LogP contribution in [0.1, 0.15) is 5.76 Å². The van der Waals surface area contributed by atoms with Crippen LogP contribution < -0.4 is 10.1 Å². The Hall–Kier alpha value is -2.23. The highest BCUT2D eigenvalue weighted by atomic mass is 16.5. The number of benzene rings is 1. The van der Waals surface area contributed by atoms with E-state index in [0.29, 0.717) is 6.54 Å². The van der Waals surface area contributed by atoms with Gasteiger partial charge in [0.15, 0.2) is 5.76 Å². The van der Waals surface area contributed by atoms with Crippen LogP contribution in [0, 0.1) is 0 Å². The predicted molar refractivity (Wildman–Crippen MR) is 65.5 cm³/mol. The molecule has 4 nitrogen and oxygen atoms in total. The highest BCUT2D eigenvalue weighted by Gasteiger charge is 2.05. The van der Waals surface area contributed by atoms with E-state index in [0.717, 1.165) is 22.8 Å². The number of aromatic nitrogens is 1. The van der Waals surface area contributed by atoms with E-state index in [1.807, 2.05) is 30.3 Å². The SMILES string of the molecule is C=CNCc1cc(-c2ccc(OC)cc2)no1. The molecule has 0 unspecified atom stereocenters. The van der Waals surface area contributed by atoms with E-state index in [1.54, 1.807) is 13.3 Å². The molecule has 88 valence electrons. The normalized spacial score (nSPS) is 9.94.